The summed E-state index contributed by atoms with van der Waals surface area (Å²) in [6, 6.07) is 9.15. The number of methoxy groups -OCH3 is 1. The Hall–Kier alpha value is -2.08. The van der Waals surface area contributed by atoms with Crippen LogP contribution in [0.4, 0.5) is 4.79 Å². The number of hydrogen-bond acceptors (Lipinski definition) is 5. The van der Waals surface area contributed by atoms with Crippen molar-refractivity contribution in [1.82, 2.24) is 10.6 Å². The van der Waals surface area contributed by atoms with Crippen molar-refractivity contribution in [2.45, 2.75) is 39.3 Å². The van der Waals surface area contributed by atoms with Gasteiger partial charge in [-0.15, -0.1) is 0 Å². The number of benzene rings is 1. The first-order valence-corrected chi connectivity index (χ1v) is 8.28. The van der Waals surface area contributed by atoms with Crippen molar-refractivity contribution >= 4 is 12.1 Å². The van der Waals surface area contributed by atoms with Crippen LogP contribution in [0.1, 0.15) is 32.3 Å². The molecule has 0 heterocycles. The van der Waals surface area contributed by atoms with Crippen LogP contribution in [0.3, 0.4) is 0 Å². The third-order valence-electron chi connectivity index (χ3n) is 3.41. The van der Waals surface area contributed by atoms with E-state index >= 15 is 0 Å². The van der Waals surface area contributed by atoms with Gasteiger partial charge in [-0.2, -0.15) is 0 Å². The maximum absolute atomic E-state index is 11.7. The Kier molecular flexibility index (Phi) is 9.53. The van der Waals surface area contributed by atoms with Gasteiger partial charge in [-0.25, -0.2) is 4.79 Å². The van der Waals surface area contributed by atoms with Crippen molar-refractivity contribution in [3.8, 4) is 0 Å². The molecule has 0 aromatic heterocycles. The SMILES string of the molecule is COC(=O)C(CCCNC(=O)OCc1ccccc1)NCC(C)C. The lowest BCUT2D eigenvalue weighted by Crippen LogP contribution is -2.40. The van der Waals surface area contributed by atoms with Gasteiger partial charge in [0.25, 0.3) is 0 Å². The number of carbonyl (C=O) groups is 2. The number of nitrogens with one attached hydrogen (secondary N) is 2. The second-order valence-corrected chi connectivity index (χ2v) is 6.01. The third kappa shape index (κ3) is 8.53. The zero-order chi connectivity index (χ0) is 17.8. The second-order valence-electron chi connectivity index (χ2n) is 6.01. The fourth-order valence-corrected chi connectivity index (χ4v) is 2.09. The van der Waals surface area contributed by atoms with E-state index in [1.807, 2.05) is 30.3 Å². The minimum absolute atomic E-state index is 0.243. The molecule has 0 radical (unpaired) electrons. The number of ether oxygens (including phenoxy) is 2. The Labute approximate surface area is 143 Å². The maximum atomic E-state index is 11.7. The van der Waals surface area contributed by atoms with Crippen molar-refractivity contribution in [3.63, 3.8) is 0 Å². The summed E-state index contributed by atoms with van der Waals surface area (Å²) in [5.41, 5.74) is 0.941. The molecule has 0 aliphatic rings. The number of amides is 1. The molecule has 1 aromatic carbocycles. The van der Waals surface area contributed by atoms with Crippen molar-refractivity contribution in [2.24, 2.45) is 5.92 Å². The maximum Gasteiger partial charge on any atom is 0.407 e. The lowest BCUT2D eigenvalue weighted by atomic mass is 10.1. The Bertz CT molecular complexity index is 491. The molecule has 1 unspecified atom stereocenters. The molecule has 2 N–H and O–H groups in total. The van der Waals surface area contributed by atoms with Gasteiger partial charge >= 0.3 is 12.1 Å². The first-order valence-electron chi connectivity index (χ1n) is 8.28. The monoisotopic (exact) mass is 336 g/mol. The summed E-state index contributed by atoms with van der Waals surface area (Å²) in [6.07, 6.45) is 0.799. The molecule has 1 atom stereocenters. The van der Waals surface area contributed by atoms with E-state index in [2.05, 4.69) is 24.5 Å². The van der Waals surface area contributed by atoms with Crippen molar-refractivity contribution in [1.29, 1.82) is 0 Å². The van der Waals surface area contributed by atoms with Crippen LogP contribution in [0, 0.1) is 5.92 Å². The highest BCUT2D eigenvalue weighted by Gasteiger charge is 2.18. The average Bonchev–Trinajstić information content (AvgIpc) is 2.59. The molecule has 6 heteroatoms. The molecule has 0 aliphatic heterocycles. The molecule has 0 saturated heterocycles. The lowest BCUT2D eigenvalue weighted by Gasteiger charge is -2.17. The lowest BCUT2D eigenvalue weighted by molar-refractivity contribution is -0.143. The first kappa shape index (κ1) is 20.0. The van der Waals surface area contributed by atoms with E-state index in [4.69, 9.17) is 9.47 Å². The highest BCUT2D eigenvalue weighted by atomic mass is 16.5. The molecule has 1 amide bonds. The molecule has 0 aliphatic carbocycles. The van der Waals surface area contributed by atoms with E-state index in [1.54, 1.807) is 0 Å². The van der Waals surface area contributed by atoms with Crippen molar-refractivity contribution in [3.05, 3.63) is 35.9 Å². The van der Waals surface area contributed by atoms with Crippen molar-refractivity contribution < 1.29 is 19.1 Å². The topological polar surface area (TPSA) is 76.7 Å². The molecule has 0 spiro atoms. The first-order chi connectivity index (χ1) is 11.5. The number of alkyl carbamates (subject to hydrolysis) is 1. The van der Waals surface area contributed by atoms with E-state index < -0.39 is 6.09 Å². The van der Waals surface area contributed by atoms with E-state index in [0.29, 0.717) is 25.3 Å². The molecular formula is C18H28N2O4. The Morgan fingerprint density at radius 3 is 2.50 bits per heavy atom. The van der Waals surface area contributed by atoms with E-state index in [1.165, 1.54) is 7.11 Å². The molecule has 1 aromatic rings. The molecule has 6 nitrogen and oxygen atoms in total. The summed E-state index contributed by atoms with van der Waals surface area (Å²) in [4.78, 5) is 23.3. The van der Waals surface area contributed by atoms with Gasteiger partial charge < -0.3 is 20.1 Å². The van der Waals surface area contributed by atoms with Gasteiger partial charge in [-0.1, -0.05) is 44.2 Å². The number of rotatable bonds is 10. The van der Waals surface area contributed by atoms with Gasteiger partial charge in [-0.05, 0) is 30.9 Å². The summed E-state index contributed by atoms with van der Waals surface area (Å²) >= 11 is 0. The highest BCUT2D eigenvalue weighted by Crippen LogP contribution is 2.02. The van der Waals surface area contributed by atoms with Crippen LogP contribution in [0.15, 0.2) is 30.3 Å². The number of esters is 1. The summed E-state index contributed by atoms with van der Waals surface area (Å²) in [5, 5.41) is 5.88. The van der Waals surface area contributed by atoms with Crippen LogP contribution in [-0.2, 0) is 20.9 Å². The zero-order valence-corrected chi connectivity index (χ0v) is 14.7. The smallest absolute Gasteiger partial charge is 0.407 e. The minimum atomic E-state index is -0.455. The largest absolute Gasteiger partial charge is 0.468 e. The standard InChI is InChI=1S/C18H28N2O4/c1-14(2)12-20-16(17(21)23-3)10-7-11-19-18(22)24-13-15-8-5-4-6-9-15/h4-6,8-9,14,16,20H,7,10-13H2,1-3H3,(H,19,22). The molecule has 134 valence electrons. The van der Waals surface area contributed by atoms with Crippen LogP contribution in [0.25, 0.3) is 0 Å². The average molecular weight is 336 g/mol. The molecule has 0 fully saturated rings. The van der Waals surface area contributed by atoms with Gasteiger partial charge in [-0.3, -0.25) is 4.79 Å². The normalized spacial score (nSPS) is 11.8. The number of carbonyl (C=O) groups excluding carboxylic acids is 2. The van der Waals surface area contributed by atoms with Crippen LogP contribution in [-0.4, -0.2) is 38.3 Å². The van der Waals surface area contributed by atoms with Crippen LogP contribution in [0.2, 0.25) is 0 Å². The summed E-state index contributed by atoms with van der Waals surface area (Å²) in [6.45, 7) is 5.58. The fourth-order valence-electron chi connectivity index (χ4n) is 2.09. The molecular weight excluding hydrogens is 308 g/mol. The predicted molar refractivity (Wildman–Crippen MR) is 92.5 cm³/mol. The van der Waals surface area contributed by atoms with Crippen LogP contribution < -0.4 is 10.6 Å². The number of hydrogen-bond donors (Lipinski definition) is 2. The van der Waals surface area contributed by atoms with Crippen LogP contribution >= 0.6 is 0 Å². The van der Waals surface area contributed by atoms with E-state index in [-0.39, 0.29) is 18.6 Å². The van der Waals surface area contributed by atoms with Gasteiger partial charge in [0.2, 0.25) is 0 Å². The van der Waals surface area contributed by atoms with Gasteiger partial charge in [0.05, 0.1) is 7.11 Å². The Morgan fingerprint density at radius 2 is 1.88 bits per heavy atom. The third-order valence-corrected chi connectivity index (χ3v) is 3.41. The zero-order valence-electron chi connectivity index (χ0n) is 14.7. The molecule has 1 rings (SSSR count). The van der Waals surface area contributed by atoms with Gasteiger partial charge in [0, 0.05) is 6.54 Å². The van der Waals surface area contributed by atoms with Gasteiger partial charge in [0.1, 0.15) is 12.6 Å². The van der Waals surface area contributed by atoms with Gasteiger partial charge in [0.15, 0.2) is 0 Å². The fraction of sp³-hybridized carbons (Fsp3) is 0.556. The van der Waals surface area contributed by atoms with E-state index in [0.717, 1.165) is 12.1 Å². The quantitative estimate of drug-likeness (QED) is 0.507. The highest BCUT2D eigenvalue weighted by molar-refractivity contribution is 5.75. The Morgan fingerprint density at radius 1 is 1.17 bits per heavy atom. The van der Waals surface area contributed by atoms with Crippen LogP contribution in [0.5, 0.6) is 0 Å². The predicted octanol–water partition coefficient (Wildman–Crippen LogP) is 2.48. The van der Waals surface area contributed by atoms with Crippen molar-refractivity contribution in [2.75, 3.05) is 20.2 Å². The second kappa shape index (κ2) is 11.5. The minimum Gasteiger partial charge on any atom is -0.468 e. The molecule has 24 heavy (non-hydrogen) atoms. The van der Waals surface area contributed by atoms with E-state index in [9.17, 15) is 9.59 Å². The summed E-state index contributed by atoms with van der Waals surface area (Å²) in [5.74, 6) is 0.172. The molecule has 0 saturated carbocycles. The summed E-state index contributed by atoms with van der Waals surface area (Å²) in [7, 11) is 1.38. The Balaban J connectivity index is 2.21. The summed E-state index contributed by atoms with van der Waals surface area (Å²) < 4.78 is 9.92. The molecule has 0 bridgehead atoms.